The Morgan fingerprint density at radius 1 is 1.75 bits per heavy atom. The van der Waals surface area contributed by atoms with Crippen LogP contribution in [-0.4, -0.2) is 23.2 Å². The van der Waals surface area contributed by atoms with Gasteiger partial charge in [-0.15, -0.1) is 0 Å². The lowest BCUT2D eigenvalue weighted by atomic mass is 10.4. The molecule has 0 aliphatic carbocycles. The number of hydrogen-bond donors (Lipinski definition) is 2. The van der Waals surface area contributed by atoms with Crippen LogP contribution in [0.3, 0.4) is 0 Å². The van der Waals surface area contributed by atoms with E-state index in [2.05, 4.69) is 36.4 Å². The van der Waals surface area contributed by atoms with Crippen molar-refractivity contribution in [1.29, 1.82) is 0 Å². The van der Waals surface area contributed by atoms with Crippen molar-refractivity contribution in [2.75, 3.05) is 7.11 Å². The number of amides is 1. The van der Waals surface area contributed by atoms with Crippen LogP contribution in [0.2, 0.25) is 0 Å². The van der Waals surface area contributed by atoms with Gasteiger partial charge in [0.25, 0.3) is 5.91 Å². The van der Waals surface area contributed by atoms with Gasteiger partial charge >= 0.3 is 0 Å². The number of aromatic nitrogens is 2. The Morgan fingerprint density at radius 3 is 2.83 bits per heavy atom. The standard InChI is InChI=1S/C6H8BrN3O2/c1-3-4(7)5(9-8-3)6(11)10-12-2/h1-2H3,(H,8,9)(H,10,11). The van der Waals surface area contributed by atoms with E-state index in [-0.39, 0.29) is 11.6 Å². The van der Waals surface area contributed by atoms with E-state index in [1.807, 2.05) is 0 Å². The van der Waals surface area contributed by atoms with Gasteiger partial charge < -0.3 is 0 Å². The smallest absolute Gasteiger partial charge is 0.281 e. The molecule has 1 rings (SSSR count). The van der Waals surface area contributed by atoms with Crippen molar-refractivity contribution in [2.24, 2.45) is 0 Å². The molecule has 0 unspecified atom stereocenters. The first-order valence-electron chi connectivity index (χ1n) is 3.20. The van der Waals surface area contributed by atoms with Crippen molar-refractivity contribution >= 4 is 21.8 Å². The van der Waals surface area contributed by atoms with Crippen LogP contribution in [-0.2, 0) is 4.84 Å². The Kier molecular flexibility index (Phi) is 2.83. The van der Waals surface area contributed by atoms with Gasteiger partial charge in [0.2, 0.25) is 0 Å². The molecular formula is C6H8BrN3O2. The Labute approximate surface area is 77.6 Å². The van der Waals surface area contributed by atoms with Gasteiger partial charge in [0.05, 0.1) is 11.6 Å². The lowest BCUT2D eigenvalue weighted by molar-refractivity contribution is 0.0531. The predicted octanol–water partition coefficient (Wildman–Crippen LogP) is 0.772. The average Bonchev–Trinajstić information content (AvgIpc) is 2.34. The molecule has 0 radical (unpaired) electrons. The topological polar surface area (TPSA) is 67.0 Å². The third-order valence-electron chi connectivity index (χ3n) is 1.28. The van der Waals surface area contributed by atoms with Crippen molar-refractivity contribution < 1.29 is 9.63 Å². The molecule has 5 nitrogen and oxygen atoms in total. The number of nitrogens with one attached hydrogen (secondary N) is 2. The van der Waals surface area contributed by atoms with Crippen molar-refractivity contribution in [1.82, 2.24) is 15.7 Å². The quantitative estimate of drug-likeness (QED) is 0.742. The summed E-state index contributed by atoms with van der Waals surface area (Å²) in [5.74, 6) is -0.381. The van der Waals surface area contributed by atoms with E-state index in [0.717, 1.165) is 5.69 Å². The first-order chi connectivity index (χ1) is 5.66. The van der Waals surface area contributed by atoms with Gasteiger partial charge in [-0.05, 0) is 22.9 Å². The summed E-state index contributed by atoms with van der Waals surface area (Å²) in [6, 6.07) is 0. The number of carbonyl (C=O) groups excluding carboxylic acids is 1. The second-order valence-corrected chi connectivity index (χ2v) is 2.94. The van der Waals surface area contributed by atoms with Crippen LogP contribution in [0.5, 0.6) is 0 Å². The molecule has 1 amide bonds. The molecule has 0 saturated carbocycles. The lowest BCUT2D eigenvalue weighted by Gasteiger charge is -1.97. The largest absolute Gasteiger partial charge is 0.296 e. The summed E-state index contributed by atoms with van der Waals surface area (Å²) in [5.41, 5.74) is 3.25. The highest BCUT2D eigenvalue weighted by Crippen LogP contribution is 2.17. The number of rotatable bonds is 2. The van der Waals surface area contributed by atoms with Crippen LogP contribution in [0.1, 0.15) is 16.2 Å². The van der Waals surface area contributed by atoms with E-state index in [1.165, 1.54) is 7.11 Å². The molecule has 0 bridgehead atoms. The number of hydroxylamine groups is 1. The molecule has 0 atom stereocenters. The SMILES string of the molecule is CONC(=O)c1n[nH]c(C)c1Br. The van der Waals surface area contributed by atoms with Crippen LogP contribution in [0, 0.1) is 6.92 Å². The number of aromatic amines is 1. The summed E-state index contributed by atoms with van der Waals surface area (Å²) in [7, 11) is 1.37. The molecule has 0 aliphatic heterocycles. The van der Waals surface area contributed by atoms with Crippen molar-refractivity contribution in [3.8, 4) is 0 Å². The predicted molar refractivity (Wildman–Crippen MR) is 45.5 cm³/mol. The van der Waals surface area contributed by atoms with E-state index >= 15 is 0 Å². The lowest BCUT2D eigenvalue weighted by Crippen LogP contribution is -2.22. The molecular weight excluding hydrogens is 226 g/mol. The normalized spacial score (nSPS) is 9.92. The van der Waals surface area contributed by atoms with Gasteiger partial charge in [0.15, 0.2) is 5.69 Å². The molecule has 0 saturated heterocycles. The van der Waals surface area contributed by atoms with Gasteiger partial charge in [-0.2, -0.15) is 5.10 Å². The highest BCUT2D eigenvalue weighted by atomic mass is 79.9. The van der Waals surface area contributed by atoms with Crippen molar-refractivity contribution in [2.45, 2.75) is 6.92 Å². The second kappa shape index (κ2) is 3.68. The third-order valence-corrected chi connectivity index (χ3v) is 2.25. The van der Waals surface area contributed by atoms with Gasteiger partial charge in [0.1, 0.15) is 0 Å². The monoisotopic (exact) mass is 233 g/mol. The molecule has 1 aromatic rings. The maximum atomic E-state index is 11.1. The fourth-order valence-corrected chi connectivity index (χ4v) is 1.06. The number of halogens is 1. The van der Waals surface area contributed by atoms with Crippen LogP contribution in [0.15, 0.2) is 4.47 Å². The van der Waals surface area contributed by atoms with Gasteiger partial charge in [-0.1, -0.05) is 0 Å². The zero-order chi connectivity index (χ0) is 9.14. The highest BCUT2D eigenvalue weighted by molar-refractivity contribution is 9.10. The van der Waals surface area contributed by atoms with Gasteiger partial charge in [-0.3, -0.25) is 14.7 Å². The fourth-order valence-electron chi connectivity index (χ4n) is 0.707. The molecule has 0 spiro atoms. The zero-order valence-electron chi connectivity index (χ0n) is 6.64. The minimum atomic E-state index is -0.381. The number of carbonyl (C=O) groups is 1. The van der Waals surface area contributed by atoms with Crippen LogP contribution >= 0.6 is 15.9 Å². The molecule has 12 heavy (non-hydrogen) atoms. The first-order valence-corrected chi connectivity index (χ1v) is 4.00. The Balaban J connectivity index is 2.88. The molecule has 6 heteroatoms. The summed E-state index contributed by atoms with van der Waals surface area (Å²) >= 11 is 3.21. The average molecular weight is 234 g/mol. The first kappa shape index (κ1) is 9.21. The van der Waals surface area contributed by atoms with Crippen LogP contribution in [0.25, 0.3) is 0 Å². The van der Waals surface area contributed by atoms with Crippen molar-refractivity contribution in [3.63, 3.8) is 0 Å². The number of aryl methyl sites for hydroxylation is 1. The minimum Gasteiger partial charge on any atom is -0.281 e. The fraction of sp³-hybridized carbons (Fsp3) is 0.333. The van der Waals surface area contributed by atoms with E-state index in [4.69, 9.17) is 0 Å². The van der Waals surface area contributed by atoms with E-state index in [1.54, 1.807) is 6.92 Å². The minimum absolute atomic E-state index is 0.286. The Bertz CT molecular complexity index is 297. The molecule has 66 valence electrons. The summed E-state index contributed by atoms with van der Waals surface area (Å²) in [6.45, 7) is 1.81. The molecule has 0 aromatic carbocycles. The van der Waals surface area contributed by atoms with Crippen LogP contribution in [0.4, 0.5) is 0 Å². The van der Waals surface area contributed by atoms with E-state index < -0.39 is 0 Å². The molecule has 1 aromatic heterocycles. The zero-order valence-corrected chi connectivity index (χ0v) is 8.23. The van der Waals surface area contributed by atoms with E-state index in [0.29, 0.717) is 4.47 Å². The molecule has 0 aliphatic rings. The van der Waals surface area contributed by atoms with Gasteiger partial charge in [0, 0.05) is 5.69 Å². The maximum Gasteiger partial charge on any atom is 0.296 e. The number of H-pyrrole nitrogens is 1. The summed E-state index contributed by atoms with van der Waals surface area (Å²) in [6.07, 6.45) is 0. The summed E-state index contributed by atoms with van der Waals surface area (Å²) < 4.78 is 0.650. The number of hydrogen-bond acceptors (Lipinski definition) is 3. The summed E-state index contributed by atoms with van der Waals surface area (Å²) in [5, 5.41) is 6.43. The maximum absolute atomic E-state index is 11.1. The molecule has 1 heterocycles. The van der Waals surface area contributed by atoms with Crippen LogP contribution < -0.4 is 5.48 Å². The summed E-state index contributed by atoms with van der Waals surface area (Å²) in [4.78, 5) is 15.6. The van der Waals surface area contributed by atoms with Crippen molar-refractivity contribution in [3.05, 3.63) is 15.9 Å². The molecule has 2 N–H and O–H groups in total. The van der Waals surface area contributed by atoms with E-state index in [9.17, 15) is 4.79 Å². The Morgan fingerprint density at radius 2 is 2.42 bits per heavy atom. The molecule has 0 fully saturated rings. The Hall–Kier alpha value is -0.880. The van der Waals surface area contributed by atoms with Gasteiger partial charge in [-0.25, -0.2) is 5.48 Å². The second-order valence-electron chi connectivity index (χ2n) is 2.15. The highest BCUT2D eigenvalue weighted by Gasteiger charge is 2.14. The third kappa shape index (κ3) is 1.64. The number of nitrogens with zero attached hydrogens (tertiary/aromatic N) is 1.